The number of nitrogens with zero attached hydrogens (tertiary/aromatic N) is 2. The van der Waals surface area contributed by atoms with Gasteiger partial charge in [-0.05, 0) is 32.0 Å². The molecule has 0 N–H and O–H groups in total. The first-order valence-corrected chi connectivity index (χ1v) is 11.8. The normalized spacial score (nSPS) is 16.8. The molecule has 0 unspecified atom stereocenters. The van der Waals surface area contributed by atoms with Gasteiger partial charge in [-0.25, -0.2) is 14.0 Å². The second-order valence-electron chi connectivity index (χ2n) is 8.57. The number of thioether (sulfide) groups is 1. The molecule has 0 bridgehead atoms. The molecule has 170 valence electrons. The number of benzene rings is 2. The van der Waals surface area contributed by atoms with Gasteiger partial charge in [0.25, 0.3) is 0 Å². The van der Waals surface area contributed by atoms with Crippen LogP contribution in [-0.2, 0) is 17.7 Å². The number of carbonyl (C=O) groups is 2. The van der Waals surface area contributed by atoms with E-state index in [2.05, 4.69) is 4.74 Å². The van der Waals surface area contributed by atoms with Gasteiger partial charge < -0.3 is 14.4 Å². The Kier molecular flexibility index (Phi) is 6.33. The SMILES string of the molecule is COC(=O)c1ccc(CN(C(=O)N2CCSCC2)c2cccc3c2OC(C)(C)C3)c(F)c1. The van der Waals surface area contributed by atoms with Crippen molar-refractivity contribution >= 4 is 29.4 Å². The molecular weight excluding hydrogens is 431 g/mol. The van der Waals surface area contributed by atoms with Gasteiger partial charge in [0, 0.05) is 42.1 Å². The maximum atomic E-state index is 14.9. The highest BCUT2D eigenvalue weighted by Crippen LogP contribution is 2.43. The number of amides is 2. The van der Waals surface area contributed by atoms with Crippen molar-refractivity contribution in [2.45, 2.75) is 32.4 Å². The zero-order valence-electron chi connectivity index (χ0n) is 18.5. The van der Waals surface area contributed by atoms with E-state index in [-0.39, 0.29) is 23.7 Å². The smallest absolute Gasteiger partial charge is 0.337 e. The molecule has 1 saturated heterocycles. The molecular formula is C24H27FN2O4S. The number of ether oxygens (including phenoxy) is 2. The Balaban J connectivity index is 1.71. The number of esters is 1. The van der Waals surface area contributed by atoms with E-state index in [0.29, 0.717) is 30.1 Å². The number of rotatable bonds is 4. The van der Waals surface area contributed by atoms with E-state index in [9.17, 15) is 14.0 Å². The van der Waals surface area contributed by atoms with Crippen LogP contribution in [0.4, 0.5) is 14.9 Å². The lowest BCUT2D eigenvalue weighted by molar-refractivity contribution is 0.0600. The number of urea groups is 1. The fourth-order valence-corrected chi connectivity index (χ4v) is 4.99. The maximum absolute atomic E-state index is 14.9. The highest BCUT2D eigenvalue weighted by Gasteiger charge is 2.35. The van der Waals surface area contributed by atoms with Crippen molar-refractivity contribution in [2.24, 2.45) is 0 Å². The minimum absolute atomic E-state index is 0.0238. The third-order valence-electron chi connectivity index (χ3n) is 5.68. The van der Waals surface area contributed by atoms with E-state index < -0.39 is 11.8 Å². The van der Waals surface area contributed by atoms with Gasteiger partial charge in [-0.2, -0.15) is 11.8 Å². The monoisotopic (exact) mass is 458 g/mol. The second-order valence-corrected chi connectivity index (χ2v) is 9.79. The Hall–Kier alpha value is -2.74. The number of anilines is 1. The van der Waals surface area contributed by atoms with Gasteiger partial charge in [-0.1, -0.05) is 18.2 Å². The Morgan fingerprint density at radius 2 is 1.97 bits per heavy atom. The minimum atomic E-state index is -0.606. The van der Waals surface area contributed by atoms with Gasteiger partial charge in [0.05, 0.1) is 24.9 Å². The largest absolute Gasteiger partial charge is 0.485 e. The molecule has 6 nitrogen and oxygen atoms in total. The first kappa shape index (κ1) is 22.5. The quantitative estimate of drug-likeness (QED) is 0.632. The lowest BCUT2D eigenvalue weighted by Crippen LogP contribution is -2.46. The van der Waals surface area contributed by atoms with Crippen LogP contribution >= 0.6 is 11.8 Å². The Morgan fingerprint density at radius 3 is 2.66 bits per heavy atom. The van der Waals surface area contributed by atoms with Gasteiger partial charge >= 0.3 is 12.0 Å². The Bertz CT molecular complexity index is 1040. The number of fused-ring (bicyclic) bond motifs is 1. The molecule has 0 radical (unpaired) electrons. The molecule has 2 aliphatic heterocycles. The molecule has 0 aromatic heterocycles. The van der Waals surface area contributed by atoms with Crippen molar-refractivity contribution in [3.8, 4) is 5.75 Å². The average molecular weight is 459 g/mol. The molecule has 0 aliphatic carbocycles. The molecule has 2 heterocycles. The number of methoxy groups -OCH3 is 1. The number of hydrogen-bond acceptors (Lipinski definition) is 5. The molecule has 2 aromatic rings. The van der Waals surface area contributed by atoms with Crippen LogP contribution in [-0.4, -0.2) is 54.2 Å². The van der Waals surface area contributed by atoms with Gasteiger partial charge in [0.1, 0.15) is 17.2 Å². The Labute approximate surface area is 191 Å². The van der Waals surface area contributed by atoms with Crippen LogP contribution in [0, 0.1) is 5.82 Å². The molecule has 2 amide bonds. The summed E-state index contributed by atoms with van der Waals surface area (Å²) in [5.74, 6) is 1.25. The zero-order valence-corrected chi connectivity index (χ0v) is 19.3. The first-order valence-electron chi connectivity index (χ1n) is 10.6. The maximum Gasteiger partial charge on any atom is 0.337 e. The topological polar surface area (TPSA) is 59.1 Å². The van der Waals surface area contributed by atoms with Crippen LogP contribution < -0.4 is 9.64 Å². The van der Waals surface area contributed by atoms with Crippen molar-refractivity contribution < 1.29 is 23.5 Å². The molecule has 8 heteroatoms. The lowest BCUT2D eigenvalue weighted by atomic mass is 10.0. The van der Waals surface area contributed by atoms with Crippen molar-refractivity contribution in [1.29, 1.82) is 0 Å². The van der Waals surface area contributed by atoms with Crippen LogP contribution in [0.5, 0.6) is 5.75 Å². The summed E-state index contributed by atoms with van der Waals surface area (Å²) in [6.07, 6.45) is 0.737. The molecule has 1 fully saturated rings. The lowest BCUT2D eigenvalue weighted by Gasteiger charge is -2.34. The number of para-hydroxylation sites is 1. The summed E-state index contributed by atoms with van der Waals surface area (Å²) < 4.78 is 25.8. The standard InChI is InChI=1S/C24H27FN2O4S/c1-24(2)14-17-5-4-6-20(21(17)31-24)27(23(29)26-9-11-32-12-10-26)15-18-8-7-16(13-19(18)25)22(28)30-3/h4-8,13H,9-12,14-15H2,1-3H3. The van der Waals surface area contributed by atoms with Crippen LogP contribution in [0.15, 0.2) is 36.4 Å². The molecule has 0 atom stereocenters. The summed E-state index contributed by atoms with van der Waals surface area (Å²) in [4.78, 5) is 28.7. The molecule has 0 saturated carbocycles. The second kappa shape index (κ2) is 9.02. The fraction of sp³-hybridized carbons (Fsp3) is 0.417. The van der Waals surface area contributed by atoms with E-state index in [1.54, 1.807) is 9.80 Å². The highest BCUT2D eigenvalue weighted by molar-refractivity contribution is 7.99. The first-order chi connectivity index (χ1) is 15.3. The predicted octanol–water partition coefficient (Wildman–Crippen LogP) is 4.50. The number of halogens is 1. The van der Waals surface area contributed by atoms with E-state index in [1.165, 1.54) is 19.2 Å². The highest BCUT2D eigenvalue weighted by atomic mass is 32.2. The molecule has 2 aromatic carbocycles. The number of carbonyl (C=O) groups excluding carboxylic acids is 2. The van der Waals surface area contributed by atoms with E-state index >= 15 is 0 Å². The van der Waals surface area contributed by atoms with Crippen molar-refractivity contribution in [3.05, 3.63) is 58.9 Å². The van der Waals surface area contributed by atoms with Crippen molar-refractivity contribution in [3.63, 3.8) is 0 Å². The fourth-order valence-electron chi connectivity index (χ4n) is 4.08. The van der Waals surface area contributed by atoms with E-state index in [1.807, 2.05) is 43.8 Å². The van der Waals surface area contributed by atoms with Crippen LogP contribution in [0.1, 0.15) is 35.3 Å². The summed E-state index contributed by atoms with van der Waals surface area (Å²) in [6, 6.07) is 9.76. The average Bonchev–Trinajstić information content (AvgIpc) is 3.12. The van der Waals surface area contributed by atoms with Crippen LogP contribution in [0.25, 0.3) is 0 Å². The van der Waals surface area contributed by atoms with Crippen LogP contribution in [0.3, 0.4) is 0 Å². The predicted molar refractivity (Wildman–Crippen MR) is 123 cm³/mol. The summed E-state index contributed by atoms with van der Waals surface area (Å²) in [7, 11) is 1.25. The van der Waals surface area contributed by atoms with Gasteiger partial charge in [0.15, 0.2) is 0 Å². The summed E-state index contributed by atoms with van der Waals surface area (Å²) >= 11 is 1.82. The van der Waals surface area contributed by atoms with Crippen molar-refractivity contribution in [1.82, 2.24) is 4.90 Å². The Morgan fingerprint density at radius 1 is 1.22 bits per heavy atom. The van der Waals surface area contributed by atoms with Crippen LogP contribution in [0.2, 0.25) is 0 Å². The number of hydrogen-bond donors (Lipinski definition) is 0. The van der Waals surface area contributed by atoms with Gasteiger partial charge in [-0.15, -0.1) is 0 Å². The zero-order chi connectivity index (χ0) is 22.9. The van der Waals surface area contributed by atoms with Crippen molar-refractivity contribution in [2.75, 3.05) is 36.6 Å². The summed E-state index contributed by atoms with van der Waals surface area (Å²) in [5.41, 5.74) is 1.73. The molecule has 4 rings (SSSR count). The third kappa shape index (κ3) is 4.55. The van der Waals surface area contributed by atoms with Gasteiger partial charge in [0.2, 0.25) is 0 Å². The minimum Gasteiger partial charge on any atom is -0.485 e. The molecule has 32 heavy (non-hydrogen) atoms. The summed E-state index contributed by atoms with van der Waals surface area (Å²) in [6.45, 7) is 5.33. The van der Waals surface area contributed by atoms with E-state index in [0.717, 1.165) is 29.6 Å². The third-order valence-corrected chi connectivity index (χ3v) is 6.62. The van der Waals surface area contributed by atoms with Gasteiger partial charge in [-0.3, -0.25) is 4.90 Å². The van der Waals surface area contributed by atoms with E-state index in [4.69, 9.17) is 4.74 Å². The molecule has 0 spiro atoms. The molecule has 2 aliphatic rings. The summed E-state index contributed by atoms with van der Waals surface area (Å²) in [5, 5.41) is 0.